The first-order valence-electron chi connectivity index (χ1n) is 4.69. The summed E-state index contributed by atoms with van der Waals surface area (Å²) in [5, 5.41) is 9.35. The summed E-state index contributed by atoms with van der Waals surface area (Å²) < 4.78 is 0. The second kappa shape index (κ2) is 5.61. The zero-order valence-corrected chi connectivity index (χ0v) is 9.67. The Labute approximate surface area is 94.0 Å². The highest BCUT2D eigenvalue weighted by Gasteiger charge is 2.09. The van der Waals surface area contributed by atoms with Gasteiger partial charge < -0.3 is 5.11 Å². The van der Waals surface area contributed by atoms with Crippen molar-refractivity contribution in [1.29, 1.82) is 0 Å². The van der Waals surface area contributed by atoms with Crippen molar-refractivity contribution in [2.75, 3.05) is 5.75 Å². The molecule has 0 bridgehead atoms. The zero-order chi connectivity index (χ0) is 11.3. The van der Waals surface area contributed by atoms with Crippen molar-refractivity contribution in [2.24, 2.45) is 0 Å². The van der Waals surface area contributed by atoms with Gasteiger partial charge in [0.2, 0.25) is 5.12 Å². The average molecular weight is 222 g/mol. The SMILES string of the molecule is CC(C)=CCSC(=O)c1ccccc1O. The molecule has 2 nitrogen and oxygen atoms in total. The highest BCUT2D eigenvalue weighted by atomic mass is 32.2. The summed E-state index contributed by atoms with van der Waals surface area (Å²) in [6.45, 7) is 3.98. The Balaban J connectivity index is 2.62. The maximum absolute atomic E-state index is 11.6. The van der Waals surface area contributed by atoms with Gasteiger partial charge in [0.05, 0.1) is 5.56 Å². The summed E-state index contributed by atoms with van der Waals surface area (Å²) in [4.78, 5) is 11.6. The highest BCUT2D eigenvalue weighted by molar-refractivity contribution is 8.14. The smallest absolute Gasteiger partial charge is 0.223 e. The van der Waals surface area contributed by atoms with Crippen LogP contribution in [0.3, 0.4) is 0 Å². The van der Waals surface area contributed by atoms with E-state index in [0.29, 0.717) is 11.3 Å². The van der Waals surface area contributed by atoms with Crippen LogP contribution in [0.4, 0.5) is 0 Å². The number of allylic oxidation sites excluding steroid dienone is 1. The first-order chi connectivity index (χ1) is 7.11. The third kappa shape index (κ3) is 3.80. The number of para-hydroxylation sites is 1. The first kappa shape index (κ1) is 11.9. The minimum absolute atomic E-state index is 0.0483. The zero-order valence-electron chi connectivity index (χ0n) is 8.86. The fourth-order valence-electron chi connectivity index (χ4n) is 1.01. The van der Waals surface area contributed by atoms with E-state index in [4.69, 9.17) is 0 Å². The standard InChI is InChI=1S/C12H14O2S/c1-9(2)7-8-15-12(14)10-5-3-4-6-11(10)13/h3-7,13H,8H2,1-2H3. The molecule has 0 aliphatic rings. The van der Waals surface area contributed by atoms with Gasteiger partial charge in [0, 0.05) is 5.75 Å². The van der Waals surface area contributed by atoms with E-state index in [1.807, 2.05) is 19.9 Å². The summed E-state index contributed by atoms with van der Waals surface area (Å²) in [6, 6.07) is 6.60. The van der Waals surface area contributed by atoms with Gasteiger partial charge >= 0.3 is 0 Å². The van der Waals surface area contributed by atoms with E-state index in [-0.39, 0.29) is 10.9 Å². The molecule has 0 amide bonds. The van der Waals surface area contributed by atoms with Crippen molar-refractivity contribution in [1.82, 2.24) is 0 Å². The number of carbonyl (C=O) groups is 1. The molecule has 0 aromatic heterocycles. The number of carbonyl (C=O) groups excluding carboxylic acids is 1. The van der Waals surface area contributed by atoms with Crippen molar-refractivity contribution in [3.63, 3.8) is 0 Å². The summed E-state index contributed by atoms with van der Waals surface area (Å²) in [7, 11) is 0. The lowest BCUT2D eigenvalue weighted by molar-refractivity contribution is 0.108. The van der Waals surface area contributed by atoms with Crippen LogP contribution in [0.1, 0.15) is 24.2 Å². The van der Waals surface area contributed by atoms with E-state index < -0.39 is 0 Å². The van der Waals surface area contributed by atoms with Crippen LogP contribution in [0.5, 0.6) is 5.75 Å². The normalized spacial score (nSPS) is 9.73. The maximum atomic E-state index is 11.6. The molecule has 1 aromatic rings. The molecule has 0 heterocycles. The predicted octanol–water partition coefficient (Wildman–Crippen LogP) is 3.23. The van der Waals surface area contributed by atoms with Crippen molar-refractivity contribution in [3.8, 4) is 5.75 Å². The molecular formula is C12H14O2S. The Kier molecular flexibility index (Phi) is 4.43. The summed E-state index contributed by atoms with van der Waals surface area (Å²) in [6.07, 6.45) is 1.99. The second-order valence-electron chi connectivity index (χ2n) is 3.40. The van der Waals surface area contributed by atoms with Crippen LogP contribution in [0.25, 0.3) is 0 Å². The van der Waals surface area contributed by atoms with Crippen molar-refractivity contribution >= 4 is 16.9 Å². The Bertz CT molecular complexity index is 379. The first-order valence-corrected chi connectivity index (χ1v) is 5.68. The molecule has 80 valence electrons. The molecule has 1 aromatic carbocycles. The molecule has 0 atom stereocenters. The number of hydrogen-bond donors (Lipinski definition) is 1. The fourth-order valence-corrected chi connectivity index (χ4v) is 1.90. The van der Waals surface area contributed by atoms with Gasteiger partial charge in [0.25, 0.3) is 0 Å². The van der Waals surface area contributed by atoms with Crippen LogP contribution in [0.15, 0.2) is 35.9 Å². The van der Waals surface area contributed by atoms with Gasteiger partial charge in [-0.3, -0.25) is 4.79 Å². The van der Waals surface area contributed by atoms with Gasteiger partial charge in [0.1, 0.15) is 5.75 Å². The van der Waals surface area contributed by atoms with Crippen LogP contribution in [0.2, 0.25) is 0 Å². The molecule has 1 N–H and O–H groups in total. The summed E-state index contributed by atoms with van der Waals surface area (Å²) in [5.41, 5.74) is 1.57. The molecule has 0 saturated heterocycles. The lowest BCUT2D eigenvalue weighted by Crippen LogP contribution is -1.94. The van der Waals surface area contributed by atoms with Gasteiger partial charge in [-0.2, -0.15) is 0 Å². The average Bonchev–Trinajstić information content (AvgIpc) is 2.17. The molecule has 3 heteroatoms. The van der Waals surface area contributed by atoms with Gasteiger partial charge in [-0.1, -0.05) is 35.5 Å². The van der Waals surface area contributed by atoms with Crippen LogP contribution >= 0.6 is 11.8 Å². The van der Waals surface area contributed by atoms with Gasteiger partial charge in [-0.25, -0.2) is 0 Å². The molecule has 0 aliphatic carbocycles. The number of thioether (sulfide) groups is 1. The van der Waals surface area contributed by atoms with E-state index in [9.17, 15) is 9.90 Å². The molecule has 1 rings (SSSR count). The molecule has 0 aliphatic heterocycles. The topological polar surface area (TPSA) is 37.3 Å². The van der Waals surface area contributed by atoms with E-state index in [1.54, 1.807) is 18.2 Å². The Hall–Kier alpha value is -1.22. The number of phenolic OH excluding ortho intramolecular Hbond substituents is 1. The van der Waals surface area contributed by atoms with E-state index >= 15 is 0 Å². The summed E-state index contributed by atoms with van der Waals surface area (Å²) in [5.74, 6) is 0.697. The third-order valence-corrected chi connectivity index (χ3v) is 2.65. The quantitative estimate of drug-likeness (QED) is 0.798. The van der Waals surface area contributed by atoms with Crippen molar-refractivity contribution in [2.45, 2.75) is 13.8 Å². The van der Waals surface area contributed by atoms with Crippen molar-refractivity contribution < 1.29 is 9.90 Å². The van der Waals surface area contributed by atoms with Crippen LogP contribution < -0.4 is 0 Å². The number of phenols is 1. The number of hydrogen-bond acceptors (Lipinski definition) is 3. The van der Waals surface area contributed by atoms with E-state index in [1.165, 1.54) is 23.4 Å². The van der Waals surface area contributed by atoms with Crippen LogP contribution in [0, 0.1) is 0 Å². The van der Waals surface area contributed by atoms with E-state index in [0.717, 1.165) is 0 Å². The Morgan fingerprint density at radius 2 is 2.07 bits per heavy atom. The molecule has 0 radical (unpaired) electrons. The number of aromatic hydroxyl groups is 1. The monoisotopic (exact) mass is 222 g/mol. The van der Waals surface area contributed by atoms with E-state index in [2.05, 4.69) is 0 Å². The number of rotatable bonds is 3. The molecule has 0 spiro atoms. The maximum Gasteiger partial charge on any atom is 0.223 e. The molecule has 15 heavy (non-hydrogen) atoms. The van der Waals surface area contributed by atoms with Gasteiger partial charge in [0.15, 0.2) is 0 Å². The second-order valence-corrected chi connectivity index (χ2v) is 4.39. The minimum atomic E-state index is -0.0920. The lowest BCUT2D eigenvalue weighted by Gasteiger charge is -2.01. The Morgan fingerprint density at radius 3 is 2.67 bits per heavy atom. The number of benzene rings is 1. The lowest BCUT2D eigenvalue weighted by atomic mass is 10.2. The third-order valence-electron chi connectivity index (χ3n) is 1.83. The fraction of sp³-hybridized carbons (Fsp3) is 0.250. The molecular weight excluding hydrogens is 208 g/mol. The van der Waals surface area contributed by atoms with Gasteiger partial charge in [-0.05, 0) is 26.0 Å². The largest absolute Gasteiger partial charge is 0.507 e. The summed E-state index contributed by atoms with van der Waals surface area (Å²) >= 11 is 1.20. The molecule has 0 saturated carbocycles. The predicted molar refractivity (Wildman–Crippen MR) is 64.3 cm³/mol. The molecule has 0 unspecified atom stereocenters. The highest BCUT2D eigenvalue weighted by Crippen LogP contribution is 2.21. The molecule has 0 fully saturated rings. The van der Waals surface area contributed by atoms with Crippen LogP contribution in [-0.2, 0) is 0 Å². The van der Waals surface area contributed by atoms with Gasteiger partial charge in [-0.15, -0.1) is 0 Å². The minimum Gasteiger partial charge on any atom is -0.507 e. The Morgan fingerprint density at radius 1 is 1.40 bits per heavy atom. The van der Waals surface area contributed by atoms with Crippen LogP contribution in [-0.4, -0.2) is 16.0 Å². The van der Waals surface area contributed by atoms with Crippen molar-refractivity contribution in [3.05, 3.63) is 41.5 Å².